The second-order valence-electron chi connectivity index (χ2n) is 3.94. The molecule has 1 aromatic heterocycles. The van der Waals surface area contributed by atoms with E-state index in [1.54, 1.807) is 0 Å². The Kier molecular flexibility index (Phi) is 3.71. The molecule has 2 atom stereocenters. The van der Waals surface area contributed by atoms with Crippen LogP contribution < -0.4 is 5.32 Å². The van der Waals surface area contributed by atoms with Gasteiger partial charge < -0.3 is 5.32 Å². The molecule has 0 amide bonds. The molecule has 0 aliphatic rings. The summed E-state index contributed by atoms with van der Waals surface area (Å²) in [5.41, 5.74) is 1.13. The molecule has 2 N–H and O–H groups in total. The Morgan fingerprint density at radius 2 is 2.12 bits per heavy atom. The number of nitrogens with one attached hydrogen (secondary N) is 2. The van der Waals surface area contributed by atoms with E-state index in [9.17, 15) is 0 Å². The number of aromatic amines is 1. The van der Waals surface area contributed by atoms with Crippen molar-refractivity contribution in [2.75, 3.05) is 0 Å². The number of H-pyrrole nitrogens is 1. The van der Waals surface area contributed by atoms with Crippen molar-refractivity contribution < 1.29 is 0 Å². The largest absolute Gasteiger partial charge is 0.301 e. The summed E-state index contributed by atoms with van der Waals surface area (Å²) in [6.07, 6.45) is 0. The second-order valence-corrected chi connectivity index (χ2v) is 4.37. The van der Waals surface area contributed by atoms with Gasteiger partial charge in [0, 0.05) is 11.1 Å². The van der Waals surface area contributed by atoms with Gasteiger partial charge in [0.1, 0.15) is 0 Å². The maximum atomic E-state index is 5.96. The summed E-state index contributed by atoms with van der Waals surface area (Å²) in [5, 5.41) is 18.0. The van der Waals surface area contributed by atoms with Crippen LogP contribution in [0, 0.1) is 0 Å². The number of tetrazole rings is 1. The lowest BCUT2D eigenvalue weighted by Crippen LogP contribution is -2.23. The Balaban J connectivity index is 2.04. The van der Waals surface area contributed by atoms with Gasteiger partial charge >= 0.3 is 0 Å². The summed E-state index contributed by atoms with van der Waals surface area (Å²) in [6, 6.07) is 7.98. The number of benzene rings is 1. The zero-order valence-electron chi connectivity index (χ0n) is 9.68. The molecule has 0 radical (unpaired) electrons. The number of halogens is 1. The molecule has 1 aromatic carbocycles. The summed E-state index contributed by atoms with van der Waals surface area (Å²) >= 11 is 5.96. The molecule has 0 bridgehead atoms. The molecule has 0 saturated carbocycles. The maximum Gasteiger partial charge on any atom is 0.191 e. The predicted octanol–water partition coefficient (Wildman–Crippen LogP) is 2.26. The van der Waals surface area contributed by atoms with Crippen LogP contribution in [0.1, 0.15) is 37.3 Å². The lowest BCUT2D eigenvalue weighted by Gasteiger charge is -2.18. The summed E-state index contributed by atoms with van der Waals surface area (Å²) in [4.78, 5) is 0. The summed E-state index contributed by atoms with van der Waals surface area (Å²) < 4.78 is 0. The van der Waals surface area contributed by atoms with Crippen molar-refractivity contribution >= 4 is 11.6 Å². The molecule has 1 heterocycles. The molecule has 0 fully saturated rings. The Bertz CT molecular complexity index is 470. The molecule has 90 valence electrons. The average molecular weight is 252 g/mol. The summed E-state index contributed by atoms with van der Waals surface area (Å²) in [7, 11) is 0. The first-order valence-electron chi connectivity index (χ1n) is 5.41. The van der Waals surface area contributed by atoms with Gasteiger partial charge in [-0.25, -0.2) is 0 Å². The van der Waals surface area contributed by atoms with Gasteiger partial charge in [0.05, 0.1) is 6.04 Å². The highest BCUT2D eigenvalue weighted by Gasteiger charge is 2.14. The number of aromatic nitrogens is 4. The first-order valence-corrected chi connectivity index (χ1v) is 5.79. The Morgan fingerprint density at radius 1 is 1.29 bits per heavy atom. The molecule has 0 saturated heterocycles. The average Bonchev–Trinajstić information content (AvgIpc) is 2.82. The highest BCUT2D eigenvalue weighted by atomic mass is 35.5. The molecule has 0 aliphatic carbocycles. The molecule has 2 unspecified atom stereocenters. The van der Waals surface area contributed by atoms with Gasteiger partial charge in [-0.1, -0.05) is 28.9 Å². The van der Waals surface area contributed by atoms with Gasteiger partial charge in [0.15, 0.2) is 5.82 Å². The van der Waals surface area contributed by atoms with Crippen molar-refractivity contribution in [2.24, 2.45) is 0 Å². The molecule has 2 aromatic rings. The van der Waals surface area contributed by atoms with E-state index < -0.39 is 0 Å². The minimum atomic E-state index is 0.0303. The zero-order chi connectivity index (χ0) is 12.3. The fourth-order valence-electron chi connectivity index (χ4n) is 1.67. The number of hydrogen-bond donors (Lipinski definition) is 2. The predicted molar refractivity (Wildman–Crippen MR) is 65.6 cm³/mol. The van der Waals surface area contributed by atoms with E-state index in [0.717, 1.165) is 10.6 Å². The Labute approximate surface area is 105 Å². The molecule has 0 spiro atoms. The SMILES string of the molecule is CC(NC(C)c1nn[nH]n1)c1cccc(Cl)c1. The number of rotatable bonds is 4. The molecule has 0 aliphatic heterocycles. The van der Waals surface area contributed by atoms with Gasteiger partial charge in [0.2, 0.25) is 0 Å². The highest BCUT2D eigenvalue weighted by molar-refractivity contribution is 6.30. The van der Waals surface area contributed by atoms with Crippen molar-refractivity contribution in [2.45, 2.75) is 25.9 Å². The summed E-state index contributed by atoms with van der Waals surface area (Å²) in [5.74, 6) is 0.652. The fraction of sp³-hybridized carbons (Fsp3) is 0.364. The van der Waals surface area contributed by atoms with Crippen LogP contribution in [0.5, 0.6) is 0 Å². The van der Waals surface area contributed by atoms with E-state index in [1.165, 1.54) is 0 Å². The minimum Gasteiger partial charge on any atom is -0.301 e. The van der Waals surface area contributed by atoms with E-state index in [1.807, 2.05) is 31.2 Å². The van der Waals surface area contributed by atoms with Crippen LogP contribution in [0.3, 0.4) is 0 Å². The third-order valence-electron chi connectivity index (χ3n) is 2.60. The molecular formula is C11H14ClN5. The standard InChI is InChI=1S/C11H14ClN5/c1-7(9-4-3-5-10(12)6-9)13-8(2)11-14-16-17-15-11/h3-8,13H,1-2H3,(H,14,15,16,17). The van der Waals surface area contributed by atoms with Gasteiger partial charge in [-0.2, -0.15) is 5.21 Å². The lowest BCUT2D eigenvalue weighted by molar-refractivity contribution is 0.477. The molecular weight excluding hydrogens is 238 g/mol. The minimum absolute atomic E-state index is 0.0303. The van der Waals surface area contributed by atoms with Crippen molar-refractivity contribution in [3.05, 3.63) is 40.7 Å². The monoisotopic (exact) mass is 251 g/mol. The molecule has 17 heavy (non-hydrogen) atoms. The Hall–Kier alpha value is -1.46. The normalized spacial score (nSPS) is 14.5. The van der Waals surface area contributed by atoms with Gasteiger partial charge in [0.25, 0.3) is 0 Å². The number of nitrogens with zero attached hydrogens (tertiary/aromatic N) is 3. The van der Waals surface area contributed by atoms with Gasteiger partial charge in [-0.15, -0.1) is 10.2 Å². The van der Waals surface area contributed by atoms with Crippen LogP contribution in [0.25, 0.3) is 0 Å². The van der Waals surface area contributed by atoms with E-state index in [-0.39, 0.29) is 12.1 Å². The van der Waals surface area contributed by atoms with E-state index in [0.29, 0.717) is 5.82 Å². The third kappa shape index (κ3) is 3.01. The topological polar surface area (TPSA) is 66.5 Å². The van der Waals surface area contributed by atoms with Crippen LogP contribution in [0.2, 0.25) is 5.02 Å². The van der Waals surface area contributed by atoms with Crippen LogP contribution in [0.15, 0.2) is 24.3 Å². The fourth-order valence-corrected chi connectivity index (χ4v) is 1.87. The Morgan fingerprint density at radius 3 is 2.76 bits per heavy atom. The second kappa shape index (κ2) is 5.25. The molecule has 6 heteroatoms. The van der Waals surface area contributed by atoms with Crippen molar-refractivity contribution in [1.29, 1.82) is 0 Å². The summed E-state index contributed by atoms with van der Waals surface area (Å²) in [6.45, 7) is 4.06. The van der Waals surface area contributed by atoms with Crippen LogP contribution >= 0.6 is 11.6 Å². The van der Waals surface area contributed by atoms with Crippen molar-refractivity contribution in [3.63, 3.8) is 0 Å². The van der Waals surface area contributed by atoms with Crippen LogP contribution in [-0.2, 0) is 0 Å². The lowest BCUT2D eigenvalue weighted by atomic mass is 10.1. The van der Waals surface area contributed by atoms with Crippen LogP contribution in [0.4, 0.5) is 0 Å². The van der Waals surface area contributed by atoms with Crippen molar-refractivity contribution in [1.82, 2.24) is 25.9 Å². The van der Waals surface area contributed by atoms with Crippen LogP contribution in [-0.4, -0.2) is 20.6 Å². The smallest absolute Gasteiger partial charge is 0.191 e. The highest BCUT2D eigenvalue weighted by Crippen LogP contribution is 2.19. The quantitative estimate of drug-likeness (QED) is 0.875. The third-order valence-corrected chi connectivity index (χ3v) is 2.83. The van der Waals surface area contributed by atoms with E-state index in [4.69, 9.17) is 11.6 Å². The zero-order valence-corrected chi connectivity index (χ0v) is 10.4. The van der Waals surface area contributed by atoms with Gasteiger partial charge in [-0.05, 0) is 31.5 Å². The van der Waals surface area contributed by atoms with E-state index in [2.05, 4.69) is 32.9 Å². The number of hydrogen-bond acceptors (Lipinski definition) is 4. The van der Waals surface area contributed by atoms with Crippen molar-refractivity contribution in [3.8, 4) is 0 Å². The molecule has 2 rings (SSSR count). The first-order chi connectivity index (χ1) is 8.16. The first kappa shape index (κ1) is 12.0. The van der Waals surface area contributed by atoms with E-state index >= 15 is 0 Å². The van der Waals surface area contributed by atoms with Gasteiger partial charge in [-0.3, -0.25) is 0 Å². The maximum absolute atomic E-state index is 5.96. The molecule has 5 nitrogen and oxygen atoms in total.